The standard InChI is InChI=1S/C12H14N2O3/c15-11-6-10(12(16)14(11)8-3-4-8)13-7-9-2-1-5-17-9/h1-2,5,8,10,13H,3-4,6-7H2. The topological polar surface area (TPSA) is 62.6 Å². The van der Waals surface area contributed by atoms with Crippen LogP contribution in [0.15, 0.2) is 22.8 Å². The molecule has 2 heterocycles. The molecule has 1 aromatic rings. The van der Waals surface area contributed by atoms with E-state index in [1.165, 1.54) is 4.90 Å². The van der Waals surface area contributed by atoms with Crippen LogP contribution < -0.4 is 5.32 Å². The fourth-order valence-corrected chi connectivity index (χ4v) is 2.16. The summed E-state index contributed by atoms with van der Waals surface area (Å²) < 4.78 is 5.17. The first kappa shape index (κ1) is 10.5. The Kier molecular flexibility index (Phi) is 2.48. The second-order valence-corrected chi connectivity index (χ2v) is 4.55. The van der Waals surface area contributed by atoms with Crippen molar-refractivity contribution < 1.29 is 14.0 Å². The number of nitrogens with one attached hydrogen (secondary N) is 1. The molecule has 1 aliphatic carbocycles. The SMILES string of the molecule is O=C1CC(NCc2ccco2)C(=O)N1C1CC1. The van der Waals surface area contributed by atoms with Gasteiger partial charge < -0.3 is 4.42 Å². The highest BCUT2D eigenvalue weighted by molar-refractivity contribution is 6.06. The molecule has 1 saturated heterocycles. The fraction of sp³-hybridized carbons (Fsp3) is 0.500. The summed E-state index contributed by atoms with van der Waals surface area (Å²) in [6, 6.07) is 3.43. The van der Waals surface area contributed by atoms with E-state index in [0.717, 1.165) is 18.6 Å². The van der Waals surface area contributed by atoms with Crippen molar-refractivity contribution in [2.24, 2.45) is 0 Å². The van der Waals surface area contributed by atoms with Gasteiger partial charge in [0, 0.05) is 6.04 Å². The maximum atomic E-state index is 12.0. The Hall–Kier alpha value is -1.62. The van der Waals surface area contributed by atoms with Gasteiger partial charge in [0.2, 0.25) is 11.8 Å². The smallest absolute Gasteiger partial charge is 0.247 e. The van der Waals surface area contributed by atoms with Crippen LogP contribution in [0, 0.1) is 0 Å². The molecule has 90 valence electrons. The summed E-state index contributed by atoms with van der Waals surface area (Å²) in [4.78, 5) is 25.1. The molecule has 5 nitrogen and oxygen atoms in total. The normalized spacial score (nSPS) is 24.7. The van der Waals surface area contributed by atoms with Crippen molar-refractivity contribution in [1.29, 1.82) is 0 Å². The van der Waals surface area contributed by atoms with Gasteiger partial charge in [-0.1, -0.05) is 0 Å². The summed E-state index contributed by atoms with van der Waals surface area (Å²) in [5.74, 6) is 0.647. The zero-order chi connectivity index (χ0) is 11.8. The number of imide groups is 1. The lowest BCUT2D eigenvalue weighted by atomic mass is 10.2. The average Bonchev–Trinajstić information content (AvgIpc) is 2.90. The van der Waals surface area contributed by atoms with Crippen molar-refractivity contribution in [1.82, 2.24) is 10.2 Å². The molecule has 1 aliphatic heterocycles. The van der Waals surface area contributed by atoms with E-state index in [4.69, 9.17) is 4.42 Å². The molecule has 0 aromatic carbocycles. The molecule has 0 radical (unpaired) electrons. The number of hydrogen-bond acceptors (Lipinski definition) is 4. The van der Waals surface area contributed by atoms with Gasteiger partial charge in [-0.05, 0) is 25.0 Å². The van der Waals surface area contributed by atoms with Crippen LogP contribution in [-0.2, 0) is 16.1 Å². The molecule has 5 heteroatoms. The lowest BCUT2D eigenvalue weighted by Crippen LogP contribution is -2.39. The first-order valence-corrected chi connectivity index (χ1v) is 5.87. The summed E-state index contributed by atoms with van der Waals surface area (Å²) in [6.07, 6.45) is 3.79. The number of amides is 2. The van der Waals surface area contributed by atoms with Gasteiger partial charge in [-0.25, -0.2) is 0 Å². The minimum Gasteiger partial charge on any atom is -0.468 e. The third kappa shape index (κ3) is 1.98. The highest BCUT2D eigenvalue weighted by Crippen LogP contribution is 2.31. The minimum atomic E-state index is -0.381. The molecule has 3 rings (SSSR count). The number of likely N-dealkylation sites (tertiary alicyclic amines) is 1. The van der Waals surface area contributed by atoms with E-state index in [2.05, 4.69) is 5.32 Å². The van der Waals surface area contributed by atoms with Gasteiger partial charge >= 0.3 is 0 Å². The van der Waals surface area contributed by atoms with Gasteiger partial charge in [-0.15, -0.1) is 0 Å². The third-order valence-electron chi connectivity index (χ3n) is 3.20. The van der Waals surface area contributed by atoms with E-state index >= 15 is 0 Å². The number of nitrogens with zero attached hydrogens (tertiary/aromatic N) is 1. The monoisotopic (exact) mass is 234 g/mol. The lowest BCUT2D eigenvalue weighted by molar-refractivity contribution is -0.139. The molecule has 0 bridgehead atoms. The number of carbonyl (C=O) groups excluding carboxylic acids is 2. The Bertz CT molecular complexity index is 437. The molecule has 1 unspecified atom stereocenters. The quantitative estimate of drug-likeness (QED) is 0.777. The maximum absolute atomic E-state index is 12.0. The van der Waals surface area contributed by atoms with Crippen LogP contribution in [0.3, 0.4) is 0 Å². The third-order valence-corrected chi connectivity index (χ3v) is 3.20. The first-order valence-electron chi connectivity index (χ1n) is 5.87. The van der Waals surface area contributed by atoms with E-state index < -0.39 is 0 Å². The molecular formula is C12H14N2O3. The minimum absolute atomic E-state index is 0.0468. The van der Waals surface area contributed by atoms with Crippen LogP contribution >= 0.6 is 0 Å². The predicted octanol–water partition coefficient (Wildman–Crippen LogP) is 0.659. The number of furan rings is 1. The lowest BCUT2D eigenvalue weighted by Gasteiger charge is -2.13. The molecule has 2 aliphatic rings. The van der Waals surface area contributed by atoms with Gasteiger partial charge in [0.05, 0.1) is 25.3 Å². The second-order valence-electron chi connectivity index (χ2n) is 4.55. The number of rotatable bonds is 4. The van der Waals surface area contributed by atoms with E-state index in [9.17, 15) is 9.59 Å². The summed E-state index contributed by atoms with van der Waals surface area (Å²) in [5, 5.41) is 3.07. The first-order chi connectivity index (χ1) is 8.25. The Morgan fingerprint density at radius 1 is 1.41 bits per heavy atom. The second kappa shape index (κ2) is 4.00. The van der Waals surface area contributed by atoms with Crippen molar-refractivity contribution >= 4 is 11.8 Å². The molecule has 1 atom stereocenters. The summed E-state index contributed by atoms with van der Waals surface area (Å²) in [7, 11) is 0. The Morgan fingerprint density at radius 3 is 2.88 bits per heavy atom. The van der Waals surface area contributed by atoms with Crippen molar-refractivity contribution in [3.8, 4) is 0 Å². The zero-order valence-corrected chi connectivity index (χ0v) is 9.39. The van der Waals surface area contributed by atoms with E-state index in [1.807, 2.05) is 6.07 Å². The predicted molar refractivity (Wildman–Crippen MR) is 58.8 cm³/mol. The van der Waals surface area contributed by atoms with Crippen molar-refractivity contribution in [2.45, 2.75) is 37.9 Å². The molecular weight excluding hydrogens is 220 g/mol. The van der Waals surface area contributed by atoms with Crippen LogP contribution in [0.1, 0.15) is 25.0 Å². The summed E-state index contributed by atoms with van der Waals surface area (Å²) in [5.41, 5.74) is 0. The Balaban J connectivity index is 1.61. The number of hydrogen-bond donors (Lipinski definition) is 1. The molecule has 2 amide bonds. The Morgan fingerprint density at radius 2 is 2.24 bits per heavy atom. The molecule has 0 spiro atoms. The fourth-order valence-electron chi connectivity index (χ4n) is 2.16. The van der Waals surface area contributed by atoms with E-state index in [1.54, 1.807) is 12.3 Å². The van der Waals surface area contributed by atoms with Crippen molar-refractivity contribution in [3.05, 3.63) is 24.2 Å². The van der Waals surface area contributed by atoms with Gasteiger partial charge in [-0.2, -0.15) is 0 Å². The molecule has 2 fully saturated rings. The van der Waals surface area contributed by atoms with Gasteiger partial charge in [0.1, 0.15) is 5.76 Å². The molecule has 1 saturated carbocycles. The van der Waals surface area contributed by atoms with E-state index in [0.29, 0.717) is 6.54 Å². The molecule has 1 N–H and O–H groups in total. The van der Waals surface area contributed by atoms with Crippen molar-refractivity contribution in [2.75, 3.05) is 0 Å². The number of carbonyl (C=O) groups is 2. The average molecular weight is 234 g/mol. The largest absolute Gasteiger partial charge is 0.468 e. The molecule has 17 heavy (non-hydrogen) atoms. The van der Waals surface area contributed by atoms with Crippen LogP contribution in [0.5, 0.6) is 0 Å². The Labute approximate surface area is 98.8 Å². The molecule has 1 aromatic heterocycles. The highest BCUT2D eigenvalue weighted by Gasteiger charge is 2.45. The van der Waals surface area contributed by atoms with Crippen LogP contribution in [0.2, 0.25) is 0 Å². The van der Waals surface area contributed by atoms with Crippen molar-refractivity contribution in [3.63, 3.8) is 0 Å². The van der Waals surface area contributed by atoms with Gasteiger partial charge in [-0.3, -0.25) is 19.8 Å². The van der Waals surface area contributed by atoms with Gasteiger partial charge in [0.15, 0.2) is 0 Å². The van der Waals surface area contributed by atoms with Crippen LogP contribution in [-0.4, -0.2) is 28.8 Å². The zero-order valence-electron chi connectivity index (χ0n) is 9.39. The highest BCUT2D eigenvalue weighted by atomic mass is 16.3. The van der Waals surface area contributed by atoms with Gasteiger partial charge in [0.25, 0.3) is 0 Å². The van der Waals surface area contributed by atoms with E-state index in [-0.39, 0.29) is 30.3 Å². The summed E-state index contributed by atoms with van der Waals surface area (Å²) >= 11 is 0. The summed E-state index contributed by atoms with van der Waals surface area (Å²) in [6.45, 7) is 0.481. The van der Waals surface area contributed by atoms with Crippen LogP contribution in [0.25, 0.3) is 0 Å². The van der Waals surface area contributed by atoms with Crippen LogP contribution in [0.4, 0.5) is 0 Å². The maximum Gasteiger partial charge on any atom is 0.247 e.